The molecule has 0 aromatic heterocycles. The Kier molecular flexibility index (Phi) is 3.50. The van der Waals surface area contributed by atoms with Gasteiger partial charge in [-0.15, -0.1) is 0 Å². The molecular weight excluding hydrogens is 279 g/mol. The minimum atomic E-state index is -0.298. The van der Waals surface area contributed by atoms with Gasteiger partial charge in [0.25, 0.3) is 0 Å². The van der Waals surface area contributed by atoms with Crippen LogP contribution in [0.3, 0.4) is 0 Å². The summed E-state index contributed by atoms with van der Waals surface area (Å²) in [5.41, 5.74) is 9.59. The number of halogens is 1. The molecule has 3 rings (SSSR count). The molecule has 1 heterocycles. The van der Waals surface area contributed by atoms with E-state index in [2.05, 4.69) is 6.07 Å². The van der Waals surface area contributed by atoms with Crippen molar-refractivity contribution in [2.24, 2.45) is 0 Å². The van der Waals surface area contributed by atoms with Crippen molar-refractivity contribution < 1.29 is 9.13 Å². The van der Waals surface area contributed by atoms with Gasteiger partial charge in [-0.05, 0) is 23.6 Å². The lowest BCUT2D eigenvalue weighted by Gasteiger charge is -2.14. The molecule has 0 radical (unpaired) electrons. The second kappa shape index (κ2) is 5.34. The van der Waals surface area contributed by atoms with Gasteiger partial charge in [-0.25, -0.2) is 4.39 Å². The first kappa shape index (κ1) is 14.4. The summed E-state index contributed by atoms with van der Waals surface area (Å²) in [4.78, 5) is 0. The number of benzene rings is 2. The molecule has 0 bridgehead atoms. The third-order valence-electron chi connectivity index (χ3n) is 4.07. The highest BCUT2D eigenvalue weighted by Gasteiger charge is 2.24. The predicted molar refractivity (Wildman–Crippen MR) is 84.3 cm³/mol. The van der Waals surface area contributed by atoms with Crippen molar-refractivity contribution in [1.82, 2.24) is 0 Å². The first-order valence-electron chi connectivity index (χ1n) is 7.31. The zero-order valence-corrected chi connectivity index (χ0v) is 12.6. The topological polar surface area (TPSA) is 59.0 Å². The van der Waals surface area contributed by atoms with Gasteiger partial charge >= 0.3 is 0 Å². The molecule has 0 amide bonds. The van der Waals surface area contributed by atoms with E-state index in [0.29, 0.717) is 41.2 Å². The molecule has 22 heavy (non-hydrogen) atoms. The van der Waals surface area contributed by atoms with Gasteiger partial charge in [0.05, 0.1) is 17.9 Å². The minimum absolute atomic E-state index is 0.261. The monoisotopic (exact) mass is 296 g/mol. The molecule has 0 atom stereocenters. The molecule has 4 heteroatoms. The Morgan fingerprint density at radius 1 is 1.27 bits per heavy atom. The zero-order valence-electron chi connectivity index (χ0n) is 12.6. The summed E-state index contributed by atoms with van der Waals surface area (Å²) in [6, 6.07) is 8.97. The van der Waals surface area contributed by atoms with E-state index in [-0.39, 0.29) is 11.7 Å². The summed E-state index contributed by atoms with van der Waals surface area (Å²) >= 11 is 0. The van der Waals surface area contributed by atoms with Gasteiger partial charge in [0, 0.05) is 23.1 Å². The van der Waals surface area contributed by atoms with Crippen molar-refractivity contribution in [3.63, 3.8) is 0 Å². The Morgan fingerprint density at radius 2 is 2.05 bits per heavy atom. The number of hydrogen-bond donors (Lipinski definition) is 1. The second-order valence-corrected chi connectivity index (χ2v) is 5.80. The smallest absolute Gasteiger partial charge is 0.132 e. The fourth-order valence-corrected chi connectivity index (χ4v) is 2.84. The van der Waals surface area contributed by atoms with Crippen molar-refractivity contribution in [2.45, 2.75) is 26.2 Å². The summed E-state index contributed by atoms with van der Waals surface area (Å²) in [5.74, 6) is 0.548. The highest BCUT2D eigenvalue weighted by atomic mass is 19.1. The number of nitrogens with two attached hydrogens (primary N) is 1. The van der Waals surface area contributed by atoms with Gasteiger partial charge in [-0.2, -0.15) is 5.26 Å². The van der Waals surface area contributed by atoms with Crippen molar-refractivity contribution >= 4 is 5.69 Å². The fourth-order valence-electron chi connectivity index (χ4n) is 2.84. The second-order valence-electron chi connectivity index (χ2n) is 5.80. The lowest BCUT2D eigenvalue weighted by atomic mass is 9.93. The molecule has 2 aromatic carbocycles. The third kappa shape index (κ3) is 2.19. The molecule has 0 fully saturated rings. The largest absolute Gasteiger partial charge is 0.492 e. The maximum Gasteiger partial charge on any atom is 0.132 e. The molecule has 3 nitrogen and oxygen atoms in total. The van der Waals surface area contributed by atoms with Crippen LogP contribution in [-0.2, 0) is 6.42 Å². The molecule has 0 unspecified atom stereocenters. The van der Waals surface area contributed by atoms with Crippen LogP contribution in [0, 0.1) is 17.1 Å². The summed E-state index contributed by atoms with van der Waals surface area (Å²) in [7, 11) is 0. The van der Waals surface area contributed by atoms with Crippen molar-refractivity contribution in [3.05, 3.63) is 46.8 Å². The van der Waals surface area contributed by atoms with Gasteiger partial charge in [0.15, 0.2) is 0 Å². The summed E-state index contributed by atoms with van der Waals surface area (Å²) in [6.45, 7) is 4.54. The Balaban J connectivity index is 2.20. The molecule has 1 aliphatic heterocycles. The van der Waals surface area contributed by atoms with E-state index in [1.54, 1.807) is 18.2 Å². The van der Waals surface area contributed by atoms with Crippen LogP contribution >= 0.6 is 0 Å². The van der Waals surface area contributed by atoms with Crippen LogP contribution in [-0.4, -0.2) is 6.61 Å². The molecule has 0 saturated heterocycles. The minimum Gasteiger partial charge on any atom is -0.492 e. The number of nitriles is 1. The van der Waals surface area contributed by atoms with Gasteiger partial charge < -0.3 is 10.5 Å². The van der Waals surface area contributed by atoms with Crippen LogP contribution in [0.4, 0.5) is 10.1 Å². The van der Waals surface area contributed by atoms with Crippen molar-refractivity contribution in [1.29, 1.82) is 5.26 Å². The molecule has 2 aromatic rings. The van der Waals surface area contributed by atoms with Crippen LogP contribution in [0.15, 0.2) is 24.3 Å². The van der Waals surface area contributed by atoms with E-state index in [9.17, 15) is 9.65 Å². The lowest BCUT2D eigenvalue weighted by molar-refractivity contribution is 0.358. The highest BCUT2D eigenvalue weighted by Crippen LogP contribution is 2.42. The molecule has 0 spiro atoms. The van der Waals surface area contributed by atoms with Crippen LogP contribution in [0.1, 0.15) is 36.5 Å². The van der Waals surface area contributed by atoms with Gasteiger partial charge in [-0.3, -0.25) is 0 Å². The molecule has 1 aliphatic rings. The number of ether oxygens (including phenoxy) is 1. The Bertz CT molecular complexity index is 791. The average molecular weight is 296 g/mol. The number of anilines is 1. The van der Waals surface area contributed by atoms with Crippen molar-refractivity contribution in [2.75, 3.05) is 12.3 Å². The molecule has 0 aliphatic carbocycles. The van der Waals surface area contributed by atoms with Crippen LogP contribution in [0.25, 0.3) is 11.1 Å². The van der Waals surface area contributed by atoms with Crippen LogP contribution < -0.4 is 10.5 Å². The van der Waals surface area contributed by atoms with Gasteiger partial charge in [-0.1, -0.05) is 26.0 Å². The number of nitrogens with zero attached hydrogens (tertiary/aromatic N) is 1. The van der Waals surface area contributed by atoms with Gasteiger partial charge in [0.2, 0.25) is 0 Å². The Morgan fingerprint density at radius 3 is 2.68 bits per heavy atom. The van der Waals surface area contributed by atoms with E-state index >= 15 is 0 Å². The predicted octanol–water partition coefficient (Wildman–Crippen LogP) is 4.00. The Hall–Kier alpha value is -2.54. The van der Waals surface area contributed by atoms with E-state index in [4.69, 9.17) is 10.5 Å². The molecule has 2 N–H and O–H groups in total. The zero-order chi connectivity index (χ0) is 15.9. The maximum absolute atomic E-state index is 14.5. The molecule has 0 saturated carbocycles. The number of hydrogen-bond acceptors (Lipinski definition) is 3. The SMILES string of the molecule is CC(C)c1ccc(-c2cc(N)c(C#N)c3c2OCC3)c(F)c1. The summed E-state index contributed by atoms with van der Waals surface area (Å²) in [5, 5.41) is 9.24. The first-order chi connectivity index (χ1) is 10.5. The van der Waals surface area contributed by atoms with Crippen molar-refractivity contribution in [3.8, 4) is 22.9 Å². The standard InChI is InChI=1S/C18H17FN2O/c1-10(2)11-3-4-12(16(19)7-11)14-8-17(21)15(9-20)13-5-6-22-18(13)14/h3-4,7-8,10H,5-6,21H2,1-2H3. The summed E-state index contributed by atoms with van der Waals surface area (Å²) in [6.07, 6.45) is 0.627. The van der Waals surface area contributed by atoms with Crippen LogP contribution in [0.2, 0.25) is 0 Å². The van der Waals surface area contributed by atoms with Gasteiger partial charge in [0.1, 0.15) is 17.6 Å². The van der Waals surface area contributed by atoms with E-state index in [1.807, 2.05) is 19.9 Å². The number of rotatable bonds is 2. The van der Waals surface area contributed by atoms with E-state index in [0.717, 1.165) is 11.1 Å². The molecule has 112 valence electrons. The Labute approximate surface area is 129 Å². The number of nitrogen functional groups attached to an aromatic ring is 1. The maximum atomic E-state index is 14.5. The van der Waals surface area contributed by atoms with E-state index in [1.165, 1.54) is 0 Å². The average Bonchev–Trinajstić information content (AvgIpc) is 2.95. The lowest BCUT2D eigenvalue weighted by Crippen LogP contribution is -1.98. The normalized spacial score (nSPS) is 12.9. The third-order valence-corrected chi connectivity index (χ3v) is 4.07. The summed E-state index contributed by atoms with van der Waals surface area (Å²) < 4.78 is 20.2. The number of fused-ring (bicyclic) bond motifs is 1. The highest BCUT2D eigenvalue weighted by molar-refractivity contribution is 5.81. The fraction of sp³-hybridized carbons (Fsp3) is 0.278. The van der Waals surface area contributed by atoms with Crippen LogP contribution in [0.5, 0.6) is 5.75 Å². The first-order valence-corrected chi connectivity index (χ1v) is 7.31. The quantitative estimate of drug-likeness (QED) is 0.852. The van der Waals surface area contributed by atoms with E-state index < -0.39 is 0 Å². The molecular formula is C18H17FN2O.